The molecule has 5 nitrogen and oxygen atoms in total. The van der Waals surface area contributed by atoms with Crippen molar-refractivity contribution in [2.24, 2.45) is 0 Å². The number of nitrogens with one attached hydrogen (secondary N) is 1. The van der Waals surface area contributed by atoms with E-state index >= 15 is 0 Å². The van der Waals surface area contributed by atoms with Crippen molar-refractivity contribution in [3.8, 4) is 6.07 Å². The summed E-state index contributed by atoms with van der Waals surface area (Å²) < 4.78 is 0. The zero-order valence-corrected chi connectivity index (χ0v) is 12.5. The van der Waals surface area contributed by atoms with Gasteiger partial charge in [0.15, 0.2) is 0 Å². The van der Waals surface area contributed by atoms with Gasteiger partial charge in [0.1, 0.15) is 6.42 Å². The van der Waals surface area contributed by atoms with E-state index in [4.69, 9.17) is 5.26 Å². The quantitative estimate of drug-likeness (QED) is 0.833. The van der Waals surface area contributed by atoms with Crippen LogP contribution in [-0.4, -0.2) is 35.8 Å². The summed E-state index contributed by atoms with van der Waals surface area (Å²) in [7, 11) is 0. The lowest BCUT2D eigenvalue weighted by atomic mass is 10.0. The summed E-state index contributed by atoms with van der Waals surface area (Å²) in [5.41, 5.74) is 0.559. The molecule has 2 amide bonds. The van der Waals surface area contributed by atoms with E-state index < -0.39 is 0 Å². The van der Waals surface area contributed by atoms with Gasteiger partial charge in [-0.3, -0.25) is 9.59 Å². The van der Waals surface area contributed by atoms with Crippen LogP contribution < -0.4 is 5.32 Å². The van der Waals surface area contributed by atoms with Crippen molar-refractivity contribution in [1.82, 2.24) is 10.2 Å². The highest BCUT2D eigenvalue weighted by Gasteiger charge is 2.24. The number of amides is 2. The molecule has 2 rings (SSSR count). The Kier molecular flexibility index (Phi) is 5.23. The largest absolute Gasteiger partial charge is 0.349 e. The number of nitrogens with zero attached hydrogens (tertiary/aromatic N) is 2. The summed E-state index contributed by atoms with van der Waals surface area (Å²) in [6, 6.07) is 9.07. The van der Waals surface area contributed by atoms with Gasteiger partial charge in [-0.15, -0.1) is 12.6 Å². The van der Waals surface area contributed by atoms with Crippen LogP contribution >= 0.6 is 12.6 Å². The average Bonchev–Trinajstić information content (AvgIpc) is 2.48. The molecule has 0 saturated carbocycles. The molecule has 1 heterocycles. The van der Waals surface area contributed by atoms with Gasteiger partial charge in [0.25, 0.3) is 5.91 Å². The molecular weight excluding hydrogens is 286 g/mol. The van der Waals surface area contributed by atoms with Crippen LogP contribution in [0, 0.1) is 11.3 Å². The Labute approximate surface area is 129 Å². The van der Waals surface area contributed by atoms with Crippen molar-refractivity contribution < 1.29 is 9.59 Å². The highest BCUT2D eigenvalue weighted by Crippen LogP contribution is 2.15. The van der Waals surface area contributed by atoms with E-state index in [-0.39, 0.29) is 24.3 Å². The average molecular weight is 303 g/mol. The molecule has 0 bridgehead atoms. The van der Waals surface area contributed by atoms with E-state index in [1.165, 1.54) is 0 Å². The van der Waals surface area contributed by atoms with Crippen molar-refractivity contribution in [2.45, 2.75) is 30.2 Å². The molecule has 0 atom stereocenters. The third kappa shape index (κ3) is 3.99. The first-order valence-corrected chi connectivity index (χ1v) is 7.30. The van der Waals surface area contributed by atoms with Crippen LogP contribution in [0.5, 0.6) is 0 Å². The summed E-state index contributed by atoms with van der Waals surface area (Å²) >= 11 is 4.28. The molecule has 6 heteroatoms. The maximum atomic E-state index is 12.2. The van der Waals surface area contributed by atoms with E-state index in [9.17, 15) is 9.59 Å². The van der Waals surface area contributed by atoms with E-state index in [0.717, 1.165) is 0 Å². The lowest BCUT2D eigenvalue weighted by molar-refractivity contribution is -0.131. The van der Waals surface area contributed by atoms with Crippen LogP contribution in [0.4, 0.5) is 0 Å². The number of carbonyl (C=O) groups is 2. The predicted molar refractivity (Wildman–Crippen MR) is 81.0 cm³/mol. The van der Waals surface area contributed by atoms with Crippen molar-refractivity contribution in [2.75, 3.05) is 13.1 Å². The Balaban J connectivity index is 1.87. The molecule has 0 spiro atoms. The number of thiol groups is 1. The van der Waals surface area contributed by atoms with Crippen LogP contribution in [-0.2, 0) is 4.79 Å². The molecule has 1 aliphatic heterocycles. The van der Waals surface area contributed by atoms with Crippen LogP contribution in [0.2, 0.25) is 0 Å². The normalized spacial score (nSPS) is 15.3. The Bertz CT molecular complexity index is 575. The minimum atomic E-state index is -0.137. The zero-order chi connectivity index (χ0) is 15.2. The van der Waals surface area contributed by atoms with Gasteiger partial charge in [-0.05, 0) is 25.0 Å². The fourth-order valence-electron chi connectivity index (χ4n) is 2.38. The monoisotopic (exact) mass is 303 g/mol. The van der Waals surface area contributed by atoms with Gasteiger partial charge < -0.3 is 10.2 Å². The standard InChI is InChI=1S/C15H17N3O2S/c16-8-5-14(19)18-9-6-11(7-10-18)17-15(20)12-3-1-2-4-13(12)21/h1-4,11,21H,5-7,9-10H2,(H,17,20). The predicted octanol–water partition coefficient (Wildman–Crippen LogP) is 1.61. The molecule has 1 saturated heterocycles. The van der Waals surface area contributed by atoms with Gasteiger partial charge in [-0.25, -0.2) is 0 Å². The van der Waals surface area contributed by atoms with Gasteiger partial charge in [-0.1, -0.05) is 12.1 Å². The Hall–Kier alpha value is -2.00. The lowest BCUT2D eigenvalue weighted by Crippen LogP contribution is -2.46. The molecule has 0 radical (unpaired) electrons. The number of carbonyl (C=O) groups excluding carboxylic acids is 2. The Morgan fingerprint density at radius 2 is 2.00 bits per heavy atom. The number of hydrogen-bond donors (Lipinski definition) is 2. The van der Waals surface area contributed by atoms with E-state index in [0.29, 0.717) is 36.4 Å². The molecule has 1 aliphatic rings. The van der Waals surface area contributed by atoms with E-state index in [1.807, 2.05) is 12.1 Å². The summed E-state index contributed by atoms with van der Waals surface area (Å²) in [5, 5.41) is 11.5. The van der Waals surface area contributed by atoms with Gasteiger partial charge in [0, 0.05) is 24.0 Å². The summed E-state index contributed by atoms with van der Waals surface area (Å²) in [5.74, 6) is -0.273. The first-order valence-electron chi connectivity index (χ1n) is 6.85. The number of rotatable bonds is 3. The maximum Gasteiger partial charge on any atom is 0.252 e. The minimum Gasteiger partial charge on any atom is -0.349 e. The van der Waals surface area contributed by atoms with Gasteiger partial charge >= 0.3 is 0 Å². The molecule has 110 valence electrons. The topological polar surface area (TPSA) is 73.2 Å². The molecule has 1 N–H and O–H groups in total. The fraction of sp³-hybridized carbons (Fsp3) is 0.400. The second-order valence-corrected chi connectivity index (χ2v) is 5.46. The molecular formula is C15H17N3O2S. The number of hydrogen-bond acceptors (Lipinski definition) is 4. The third-order valence-electron chi connectivity index (χ3n) is 3.56. The SMILES string of the molecule is N#CCC(=O)N1CCC(NC(=O)c2ccccc2S)CC1. The summed E-state index contributed by atoms with van der Waals surface area (Å²) in [4.78, 5) is 26.1. The smallest absolute Gasteiger partial charge is 0.252 e. The number of nitriles is 1. The fourth-order valence-corrected chi connectivity index (χ4v) is 2.64. The lowest BCUT2D eigenvalue weighted by Gasteiger charge is -2.32. The molecule has 0 aliphatic carbocycles. The van der Waals surface area contributed by atoms with Gasteiger partial charge in [-0.2, -0.15) is 5.26 Å². The van der Waals surface area contributed by atoms with Gasteiger partial charge in [0.2, 0.25) is 5.91 Å². The number of likely N-dealkylation sites (tertiary alicyclic amines) is 1. The van der Waals surface area contributed by atoms with E-state index in [2.05, 4.69) is 17.9 Å². The highest BCUT2D eigenvalue weighted by atomic mass is 32.1. The highest BCUT2D eigenvalue weighted by molar-refractivity contribution is 7.80. The van der Waals surface area contributed by atoms with Crippen molar-refractivity contribution >= 4 is 24.4 Å². The first-order chi connectivity index (χ1) is 10.1. The summed E-state index contributed by atoms with van der Waals surface area (Å²) in [6.07, 6.45) is 1.33. The van der Waals surface area contributed by atoms with Crippen molar-refractivity contribution in [3.63, 3.8) is 0 Å². The second kappa shape index (κ2) is 7.14. The van der Waals surface area contributed by atoms with E-state index in [1.54, 1.807) is 23.1 Å². The molecule has 21 heavy (non-hydrogen) atoms. The minimum absolute atomic E-state index is 0.0524. The molecule has 0 unspecified atom stereocenters. The number of piperidine rings is 1. The first kappa shape index (κ1) is 15.4. The third-order valence-corrected chi connectivity index (χ3v) is 3.95. The summed E-state index contributed by atoms with van der Waals surface area (Å²) in [6.45, 7) is 1.15. The molecule has 0 aromatic heterocycles. The molecule has 1 aromatic carbocycles. The zero-order valence-electron chi connectivity index (χ0n) is 11.6. The molecule has 1 fully saturated rings. The van der Waals surface area contributed by atoms with Crippen molar-refractivity contribution in [1.29, 1.82) is 5.26 Å². The van der Waals surface area contributed by atoms with Crippen LogP contribution in [0.1, 0.15) is 29.6 Å². The number of benzene rings is 1. The van der Waals surface area contributed by atoms with Gasteiger partial charge in [0.05, 0.1) is 11.6 Å². The van der Waals surface area contributed by atoms with Crippen molar-refractivity contribution in [3.05, 3.63) is 29.8 Å². The van der Waals surface area contributed by atoms with Crippen LogP contribution in [0.25, 0.3) is 0 Å². The second-order valence-electron chi connectivity index (χ2n) is 4.98. The maximum absolute atomic E-state index is 12.2. The Morgan fingerprint density at radius 1 is 1.33 bits per heavy atom. The molecule has 1 aromatic rings. The van der Waals surface area contributed by atoms with Crippen LogP contribution in [0.15, 0.2) is 29.2 Å². The van der Waals surface area contributed by atoms with Crippen LogP contribution in [0.3, 0.4) is 0 Å². The Morgan fingerprint density at radius 3 is 2.62 bits per heavy atom.